The molecule has 2 heterocycles. The van der Waals surface area contributed by atoms with Crippen LogP contribution in [0, 0.1) is 21.7 Å². The summed E-state index contributed by atoms with van der Waals surface area (Å²) in [5.74, 6) is -1.78. The Morgan fingerprint density at radius 1 is 1.26 bits per heavy atom. The van der Waals surface area contributed by atoms with Crippen LogP contribution in [0.2, 0.25) is 0 Å². The molecule has 6 nitrogen and oxygen atoms in total. The number of hydrogen-bond acceptors (Lipinski definition) is 6. The highest BCUT2D eigenvalue weighted by Crippen LogP contribution is 2.25. The first-order chi connectivity index (χ1) is 11.0. The summed E-state index contributed by atoms with van der Waals surface area (Å²) < 4.78 is 32.2. The van der Waals surface area contributed by atoms with E-state index >= 15 is 0 Å². The van der Waals surface area contributed by atoms with E-state index in [0.29, 0.717) is 5.56 Å². The molecule has 3 aromatic rings. The van der Waals surface area contributed by atoms with Crippen LogP contribution in [-0.2, 0) is 0 Å². The van der Waals surface area contributed by atoms with Crippen molar-refractivity contribution in [3.63, 3.8) is 0 Å². The molecule has 0 N–H and O–H groups in total. The molecule has 0 saturated carbocycles. The Balaban J connectivity index is 1.84. The van der Waals surface area contributed by atoms with Gasteiger partial charge in [0.25, 0.3) is 5.89 Å². The van der Waals surface area contributed by atoms with Crippen molar-refractivity contribution in [2.24, 2.45) is 0 Å². The first-order valence-electron chi connectivity index (χ1n) is 6.23. The van der Waals surface area contributed by atoms with Gasteiger partial charge in [-0.15, -0.1) is 0 Å². The van der Waals surface area contributed by atoms with Gasteiger partial charge in [0.1, 0.15) is 11.6 Å². The third kappa shape index (κ3) is 3.14. The predicted molar refractivity (Wildman–Crippen MR) is 79.6 cm³/mol. The Morgan fingerprint density at radius 2 is 2.00 bits per heavy atom. The maximum atomic E-state index is 13.6. The van der Waals surface area contributed by atoms with Crippen LogP contribution in [0.4, 0.5) is 13.8 Å². The predicted octanol–water partition coefficient (Wildman–Crippen LogP) is 4.15. The van der Waals surface area contributed by atoms with Crippen molar-refractivity contribution >= 4 is 28.5 Å². The van der Waals surface area contributed by atoms with Gasteiger partial charge in [0.2, 0.25) is 5.82 Å². The molecule has 23 heavy (non-hydrogen) atoms. The largest absolute Gasteiger partial charge is 0.334 e. The number of halogens is 2. The summed E-state index contributed by atoms with van der Waals surface area (Å²) in [6, 6.07) is 4.80. The highest BCUT2D eigenvalue weighted by Gasteiger charge is 2.16. The molecule has 0 saturated heterocycles. The van der Waals surface area contributed by atoms with Crippen molar-refractivity contribution in [2.75, 3.05) is 0 Å². The second-order valence-electron chi connectivity index (χ2n) is 4.36. The molecule has 0 fully saturated rings. The average Bonchev–Trinajstić information content (AvgIpc) is 3.14. The van der Waals surface area contributed by atoms with Gasteiger partial charge in [-0.1, -0.05) is 22.6 Å². The van der Waals surface area contributed by atoms with Gasteiger partial charge in [-0.25, -0.2) is 8.78 Å². The molecule has 0 aliphatic heterocycles. The fourth-order valence-electron chi connectivity index (χ4n) is 1.81. The second kappa shape index (κ2) is 6.05. The molecule has 0 bridgehead atoms. The van der Waals surface area contributed by atoms with Gasteiger partial charge < -0.3 is 4.52 Å². The molecule has 0 radical (unpaired) electrons. The zero-order valence-electron chi connectivity index (χ0n) is 11.3. The Bertz CT molecular complexity index is 884. The average molecular weight is 335 g/mol. The topological polar surface area (TPSA) is 82.1 Å². The first kappa shape index (κ1) is 15.0. The van der Waals surface area contributed by atoms with Gasteiger partial charge in [-0.3, -0.25) is 10.1 Å². The Hall–Kier alpha value is -2.94. The molecule has 0 aliphatic rings. The number of nitrogens with zero attached hydrogens (tertiary/aromatic N) is 3. The van der Waals surface area contributed by atoms with Crippen LogP contribution in [0.5, 0.6) is 0 Å². The first-order valence-corrected chi connectivity index (χ1v) is 7.11. The summed E-state index contributed by atoms with van der Waals surface area (Å²) in [6.07, 6.45) is 2.93. The summed E-state index contributed by atoms with van der Waals surface area (Å²) in [4.78, 5) is 14.0. The summed E-state index contributed by atoms with van der Waals surface area (Å²) in [6.45, 7) is 0. The van der Waals surface area contributed by atoms with Gasteiger partial charge >= 0.3 is 5.00 Å². The fraction of sp³-hybridized carbons (Fsp3) is 0. The molecule has 0 amide bonds. The minimum atomic E-state index is -0.796. The van der Waals surface area contributed by atoms with Gasteiger partial charge in [0.15, 0.2) is 0 Å². The molecule has 2 aromatic heterocycles. The fourth-order valence-corrected chi connectivity index (χ4v) is 2.50. The highest BCUT2D eigenvalue weighted by molar-refractivity contribution is 7.13. The van der Waals surface area contributed by atoms with Crippen LogP contribution >= 0.6 is 11.3 Å². The second-order valence-corrected chi connectivity index (χ2v) is 5.25. The molecule has 9 heteroatoms. The molecule has 0 unspecified atom stereocenters. The minimum absolute atomic E-state index is 0.00398. The van der Waals surface area contributed by atoms with Crippen LogP contribution in [0.25, 0.3) is 23.5 Å². The Morgan fingerprint density at radius 3 is 2.65 bits per heavy atom. The minimum Gasteiger partial charge on any atom is -0.334 e. The molecule has 0 spiro atoms. The summed E-state index contributed by atoms with van der Waals surface area (Å²) in [5, 5.41) is 15.7. The Labute approximate surface area is 131 Å². The van der Waals surface area contributed by atoms with E-state index in [0.717, 1.165) is 23.5 Å². The highest BCUT2D eigenvalue weighted by atomic mass is 32.1. The molecule has 3 rings (SSSR count). The zero-order valence-corrected chi connectivity index (χ0v) is 12.1. The maximum Gasteiger partial charge on any atom is 0.324 e. The molecule has 0 atom stereocenters. The number of aromatic nitrogens is 2. The third-order valence-electron chi connectivity index (χ3n) is 2.83. The van der Waals surface area contributed by atoms with Crippen molar-refractivity contribution in [3.8, 4) is 11.4 Å². The number of benzene rings is 1. The van der Waals surface area contributed by atoms with E-state index in [-0.39, 0.29) is 22.3 Å². The molecular weight excluding hydrogens is 328 g/mol. The van der Waals surface area contributed by atoms with E-state index < -0.39 is 16.6 Å². The normalized spacial score (nSPS) is 11.2. The van der Waals surface area contributed by atoms with Crippen LogP contribution in [-0.4, -0.2) is 15.1 Å². The molecule has 1 aromatic carbocycles. The lowest BCUT2D eigenvalue weighted by Crippen LogP contribution is -1.91. The van der Waals surface area contributed by atoms with Crippen molar-refractivity contribution in [1.29, 1.82) is 0 Å². The summed E-state index contributed by atoms with van der Waals surface area (Å²) >= 11 is 0.983. The summed E-state index contributed by atoms with van der Waals surface area (Å²) in [5.41, 5.74) is 0.209. The molecular formula is C14H7F2N3O3S. The maximum absolute atomic E-state index is 13.6. The van der Waals surface area contributed by atoms with Crippen LogP contribution in [0.1, 0.15) is 11.5 Å². The zero-order chi connectivity index (χ0) is 16.4. The smallest absolute Gasteiger partial charge is 0.324 e. The van der Waals surface area contributed by atoms with Gasteiger partial charge in [0.05, 0.1) is 10.5 Å². The van der Waals surface area contributed by atoms with Gasteiger partial charge in [-0.05, 0) is 23.8 Å². The van der Waals surface area contributed by atoms with E-state index in [1.54, 1.807) is 5.38 Å². The third-order valence-corrected chi connectivity index (χ3v) is 3.73. The van der Waals surface area contributed by atoms with Crippen LogP contribution in [0.15, 0.2) is 34.2 Å². The monoisotopic (exact) mass is 335 g/mol. The van der Waals surface area contributed by atoms with Crippen molar-refractivity contribution < 1.29 is 18.2 Å². The lowest BCUT2D eigenvalue weighted by atomic mass is 10.2. The number of nitro groups is 1. The number of hydrogen-bond donors (Lipinski definition) is 0. The SMILES string of the molecule is O=[N+]([O-])c1cc(C=Cc2nc(-c3c(F)cccc3F)no2)cs1. The van der Waals surface area contributed by atoms with Crippen LogP contribution in [0.3, 0.4) is 0 Å². The van der Waals surface area contributed by atoms with E-state index in [1.165, 1.54) is 24.3 Å². The van der Waals surface area contributed by atoms with Crippen molar-refractivity contribution in [1.82, 2.24) is 10.1 Å². The standard InChI is InChI=1S/C14H7F2N3O3S/c15-9-2-1-3-10(16)13(9)14-17-11(22-18-14)5-4-8-6-12(19(20)21)23-7-8/h1-7H. The number of thiophene rings is 1. The van der Waals surface area contributed by atoms with Crippen LogP contribution < -0.4 is 0 Å². The lowest BCUT2D eigenvalue weighted by Gasteiger charge is -1.97. The number of rotatable bonds is 4. The lowest BCUT2D eigenvalue weighted by molar-refractivity contribution is -0.380. The van der Waals surface area contributed by atoms with E-state index in [9.17, 15) is 18.9 Å². The molecule has 116 valence electrons. The summed E-state index contributed by atoms with van der Waals surface area (Å²) in [7, 11) is 0. The Kier molecular flexibility index (Phi) is 3.94. The van der Waals surface area contributed by atoms with Gasteiger partial charge in [0, 0.05) is 17.5 Å². The van der Waals surface area contributed by atoms with Crippen molar-refractivity contribution in [3.05, 3.63) is 62.8 Å². The van der Waals surface area contributed by atoms with E-state index in [1.807, 2.05) is 0 Å². The van der Waals surface area contributed by atoms with Gasteiger partial charge in [-0.2, -0.15) is 4.98 Å². The van der Waals surface area contributed by atoms with E-state index in [4.69, 9.17) is 4.52 Å². The van der Waals surface area contributed by atoms with Crippen molar-refractivity contribution in [2.45, 2.75) is 0 Å². The van der Waals surface area contributed by atoms with E-state index in [2.05, 4.69) is 10.1 Å². The quantitative estimate of drug-likeness (QED) is 0.528. The molecule has 0 aliphatic carbocycles.